The molecule has 3 rings (SSSR count). The minimum atomic E-state index is 0.442. The van der Waals surface area contributed by atoms with Crippen LogP contribution in [-0.4, -0.2) is 23.6 Å². The molecule has 3 aromatic rings. The van der Waals surface area contributed by atoms with Crippen LogP contribution in [0.1, 0.15) is 5.56 Å². The lowest BCUT2D eigenvalue weighted by Crippen LogP contribution is -2.01. The van der Waals surface area contributed by atoms with E-state index in [0.29, 0.717) is 6.61 Å². The maximum atomic E-state index is 5.85. The fourth-order valence-electron chi connectivity index (χ4n) is 2.65. The van der Waals surface area contributed by atoms with Gasteiger partial charge in [0.05, 0.1) is 5.69 Å². The summed E-state index contributed by atoms with van der Waals surface area (Å²) in [6.45, 7) is 7.87. The number of ether oxygens (including phenoxy) is 1. The Bertz CT molecular complexity index is 990. The van der Waals surface area contributed by atoms with Gasteiger partial charge in [0.2, 0.25) is 0 Å². The zero-order valence-electron chi connectivity index (χ0n) is 17.7. The first-order valence-corrected chi connectivity index (χ1v) is 10.8. The van der Waals surface area contributed by atoms with Crippen molar-refractivity contribution in [2.45, 2.75) is 5.75 Å². The molecule has 0 saturated heterocycles. The number of nitrogens with two attached hydrogens (primary N) is 1. The molecule has 0 spiro atoms. The average molecular weight is 433 g/mol. The predicted octanol–water partition coefficient (Wildman–Crippen LogP) is 5.66. The van der Waals surface area contributed by atoms with E-state index in [-0.39, 0.29) is 0 Å². The fourth-order valence-corrected chi connectivity index (χ4v) is 3.03. The van der Waals surface area contributed by atoms with E-state index in [1.54, 1.807) is 18.3 Å². The Balaban J connectivity index is 0.000000262. The van der Waals surface area contributed by atoms with Crippen molar-refractivity contribution in [3.8, 4) is 17.0 Å². The van der Waals surface area contributed by atoms with Crippen LogP contribution in [0.3, 0.4) is 0 Å². The summed E-state index contributed by atoms with van der Waals surface area (Å²) < 4.78 is 5.85. The summed E-state index contributed by atoms with van der Waals surface area (Å²) in [5.41, 5.74) is 5.14. The lowest BCUT2D eigenvalue weighted by atomic mass is 10.1. The van der Waals surface area contributed by atoms with E-state index in [2.05, 4.69) is 40.6 Å². The van der Waals surface area contributed by atoms with Crippen LogP contribution in [-0.2, 0) is 5.75 Å². The number of nitrogens with one attached hydrogen (secondary N) is 1. The largest absolute Gasteiger partial charge is 0.488 e. The molecule has 0 fully saturated rings. The van der Waals surface area contributed by atoms with Crippen molar-refractivity contribution in [3.63, 3.8) is 0 Å². The molecule has 0 unspecified atom stereocenters. The minimum absolute atomic E-state index is 0.442. The van der Waals surface area contributed by atoms with E-state index in [0.717, 1.165) is 34.0 Å². The van der Waals surface area contributed by atoms with E-state index in [1.165, 1.54) is 23.8 Å². The number of aromatic nitrogens is 2. The van der Waals surface area contributed by atoms with Crippen LogP contribution in [0, 0.1) is 0 Å². The highest BCUT2D eigenvalue weighted by molar-refractivity contribution is 7.96. The van der Waals surface area contributed by atoms with Crippen LogP contribution >= 0.6 is 11.9 Å². The molecular formula is C25H28N4OS. The first-order chi connectivity index (χ1) is 15.2. The van der Waals surface area contributed by atoms with Gasteiger partial charge >= 0.3 is 0 Å². The third-order valence-corrected chi connectivity index (χ3v) is 4.70. The quantitative estimate of drug-likeness (QED) is 0.336. The van der Waals surface area contributed by atoms with Crippen molar-refractivity contribution in [2.75, 3.05) is 19.0 Å². The second-order valence-electron chi connectivity index (χ2n) is 6.32. The number of hydrogen-bond donors (Lipinski definition) is 2. The molecule has 1 heterocycles. The molecule has 6 heteroatoms. The van der Waals surface area contributed by atoms with Gasteiger partial charge in [0.1, 0.15) is 18.7 Å². The molecule has 0 atom stereocenters. The highest BCUT2D eigenvalue weighted by Crippen LogP contribution is 2.28. The van der Waals surface area contributed by atoms with E-state index in [4.69, 9.17) is 9.88 Å². The van der Waals surface area contributed by atoms with Crippen molar-refractivity contribution >= 4 is 17.6 Å². The van der Waals surface area contributed by atoms with Crippen LogP contribution in [0.5, 0.6) is 5.75 Å². The average Bonchev–Trinajstić information content (AvgIpc) is 2.83. The van der Waals surface area contributed by atoms with Crippen molar-refractivity contribution in [1.82, 2.24) is 9.97 Å². The molecule has 0 amide bonds. The van der Waals surface area contributed by atoms with Gasteiger partial charge in [0.25, 0.3) is 0 Å². The van der Waals surface area contributed by atoms with Gasteiger partial charge in [-0.2, -0.15) is 0 Å². The van der Waals surface area contributed by atoms with Gasteiger partial charge in [-0.05, 0) is 41.5 Å². The Morgan fingerprint density at radius 2 is 2.00 bits per heavy atom. The summed E-state index contributed by atoms with van der Waals surface area (Å²) in [5.74, 6) is 1.65. The number of anilines is 1. The fraction of sp³-hybridized carbons (Fsp3) is 0.120. The number of benzene rings is 2. The van der Waals surface area contributed by atoms with E-state index < -0.39 is 0 Å². The molecule has 0 aliphatic carbocycles. The monoisotopic (exact) mass is 432 g/mol. The standard InChI is InChI=1S/C17H16N2O.C8H12N2S/c1-3-7-14(4-2)12-20-17-9-6-5-8-15(17)16-10-11-18-13-19-16;1-10-8-4-2-3-7(5-8)6-11-9/h3-11,13H,1-2,12H2;2-5,10H,6,9H2,1H3/b14-7+;. The van der Waals surface area contributed by atoms with Gasteiger partial charge in [-0.25, -0.2) is 9.97 Å². The SMILES string of the molecule is C=C/C=C(\C=C)COc1ccccc1-c1ccncn1.CNc1cccc(CSN)c1. The first kappa shape index (κ1) is 23.9. The third kappa shape index (κ3) is 8.12. The van der Waals surface area contributed by atoms with Crippen molar-refractivity contribution in [2.24, 2.45) is 5.14 Å². The van der Waals surface area contributed by atoms with E-state index in [1.807, 2.05) is 55.6 Å². The Labute approximate surface area is 188 Å². The molecule has 5 nitrogen and oxygen atoms in total. The molecule has 0 bridgehead atoms. The Morgan fingerprint density at radius 1 is 1.16 bits per heavy atom. The number of nitrogens with zero attached hydrogens (tertiary/aromatic N) is 2. The van der Waals surface area contributed by atoms with Crippen LogP contribution in [0.4, 0.5) is 5.69 Å². The number of hydrogen-bond acceptors (Lipinski definition) is 6. The molecule has 0 saturated carbocycles. The van der Waals surface area contributed by atoms with Gasteiger partial charge in [-0.1, -0.05) is 67.6 Å². The Kier molecular flexibility index (Phi) is 10.6. The third-order valence-electron chi connectivity index (χ3n) is 4.20. The first-order valence-electron chi connectivity index (χ1n) is 9.72. The number of rotatable bonds is 9. The Hall–Kier alpha value is -3.35. The summed E-state index contributed by atoms with van der Waals surface area (Å²) in [6, 6.07) is 17.9. The second kappa shape index (κ2) is 13.8. The molecule has 0 radical (unpaired) electrons. The topological polar surface area (TPSA) is 73.1 Å². The van der Waals surface area contributed by atoms with Gasteiger partial charge in [0, 0.05) is 30.2 Å². The zero-order chi connectivity index (χ0) is 22.3. The highest BCUT2D eigenvalue weighted by Gasteiger charge is 2.06. The summed E-state index contributed by atoms with van der Waals surface area (Å²) in [4.78, 5) is 8.18. The van der Waals surface area contributed by atoms with Gasteiger partial charge in [0.15, 0.2) is 0 Å². The number of para-hydroxylation sites is 1. The van der Waals surface area contributed by atoms with Gasteiger partial charge in [-0.3, -0.25) is 5.14 Å². The molecule has 2 aromatic carbocycles. The normalized spacial score (nSPS) is 10.5. The Morgan fingerprint density at radius 3 is 2.68 bits per heavy atom. The summed E-state index contributed by atoms with van der Waals surface area (Å²) in [6.07, 6.45) is 8.59. The molecular weight excluding hydrogens is 404 g/mol. The minimum Gasteiger partial charge on any atom is -0.488 e. The molecule has 0 aliphatic rings. The smallest absolute Gasteiger partial charge is 0.129 e. The zero-order valence-corrected chi connectivity index (χ0v) is 18.5. The maximum absolute atomic E-state index is 5.85. The van der Waals surface area contributed by atoms with Gasteiger partial charge in [-0.15, -0.1) is 0 Å². The molecule has 3 N–H and O–H groups in total. The van der Waals surface area contributed by atoms with Crippen molar-refractivity contribution < 1.29 is 4.74 Å². The predicted molar refractivity (Wildman–Crippen MR) is 133 cm³/mol. The second-order valence-corrected chi connectivity index (χ2v) is 6.94. The highest BCUT2D eigenvalue weighted by atomic mass is 32.2. The van der Waals surface area contributed by atoms with Crippen LogP contribution in [0.2, 0.25) is 0 Å². The maximum Gasteiger partial charge on any atom is 0.129 e. The van der Waals surface area contributed by atoms with E-state index in [9.17, 15) is 0 Å². The summed E-state index contributed by atoms with van der Waals surface area (Å²) >= 11 is 1.35. The summed E-state index contributed by atoms with van der Waals surface area (Å²) in [7, 11) is 1.91. The number of allylic oxidation sites excluding steroid dienone is 2. The molecule has 0 aliphatic heterocycles. The summed E-state index contributed by atoms with van der Waals surface area (Å²) in [5, 5.41) is 8.42. The van der Waals surface area contributed by atoms with Crippen LogP contribution in [0.25, 0.3) is 11.3 Å². The van der Waals surface area contributed by atoms with Crippen molar-refractivity contribution in [1.29, 1.82) is 0 Å². The lowest BCUT2D eigenvalue weighted by Gasteiger charge is -2.11. The van der Waals surface area contributed by atoms with Crippen molar-refractivity contribution in [3.05, 3.63) is 110 Å². The molecule has 31 heavy (non-hydrogen) atoms. The van der Waals surface area contributed by atoms with Gasteiger partial charge < -0.3 is 10.1 Å². The molecule has 160 valence electrons. The molecule has 1 aromatic heterocycles. The van der Waals surface area contributed by atoms with Crippen LogP contribution in [0.15, 0.2) is 104 Å². The lowest BCUT2D eigenvalue weighted by molar-refractivity contribution is 0.357. The van der Waals surface area contributed by atoms with E-state index >= 15 is 0 Å². The van der Waals surface area contributed by atoms with Crippen LogP contribution < -0.4 is 15.2 Å².